The molecular weight excluding hydrogens is 428 g/mol. The van der Waals surface area contributed by atoms with Gasteiger partial charge in [0.2, 0.25) is 0 Å². The number of benzene rings is 3. The van der Waals surface area contributed by atoms with Gasteiger partial charge in [-0.3, -0.25) is 0 Å². The van der Waals surface area contributed by atoms with Crippen LogP contribution in [0.2, 0.25) is 0 Å². The molecule has 0 fully saturated rings. The lowest BCUT2D eigenvalue weighted by Crippen LogP contribution is -2.01. The van der Waals surface area contributed by atoms with Crippen LogP contribution in [0.1, 0.15) is 27.3 Å². The molecule has 0 atom stereocenters. The van der Waals surface area contributed by atoms with Crippen LogP contribution in [-0.4, -0.2) is 32.7 Å². The number of ether oxygens (including phenoxy) is 1. The van der Waals surface area contributed by atoms with Gasteiger partial charge in [-0.25, -0.2) is 9.78 Å². The van der Waals surface area contributed by atoms with E-state index in [1.54, 1.807) is 25.3 Å². The van der Waals surface area contributed by atoms with Gasteiger partial charge in [-0.2, -0.15) is 5.26 Å². The fourth-order valence-electron chi connectivity index (χ4n) is 4.07. The highest BCUT2D eigenvalue weighted by Gasteiger charge is 2.13. The van der Waals surface area contributed by atoms with Gasteiger partial charge in [0.15, 0.2) is 0 Å². The molecule has 34 heavy (non-hydrogen) atoms. The summed E-state index contributed by atoms with van der Waals surface area (Å²) in [6, 6.07) is 22.6. The van der Waals surface area contributed by atoms with Crippen LogP contribution in [0.3, 0.4) is 0 Å². The summed E-state index contributed by atoms with van der Waals surface area (Å²) in [6.45, 7) is 0.502. The Kier molecular flexibility index (Phi) is 5.32. The van der Waals surface area contributed by atoms with E-state index < -0.39 is 5.97 Å². The molecule has 0 aliphatic rings. The van der Waals surface area contributed by atoms with Crippen LogP contribution >= 0.6 is 0 Å². The van der Waals surface area contributed by atoms with Crippen molar-refractivity contribution in [2.75, 3.05) is 7.11 Å². The second-order valence-corrected chi connectivity index (χ2v) is 7.87. The number of imidazole rings is 1. The molecule has 7 nitrogen and oxygen atoms in total. The molecule has 166 valence electrons. The summed E-state index contributed by atoms with van der Waals surface area (Å²) in [4.78, 5) is 19.1. The standard InChI is InChI=1S/C27H20N4O3/c1-34-21-9-10-23-24(13-21)30-26(29-23)19(14-28)12-20-16-31(25-8-3-2-7-22(20)25)15-17-5-4-6-18(11-17)27(32)33/h2-13,16H,15H2,1H3,(H,29,30)(H,32,33)/b19-12-. The van der Waals surface area contributed by atoms with Crippen molar-refractivity contribution in [3.05, 3.63) is 95.4 Å². The van der Waals surface area contributed by atoms with Crippen molar-refractivity contribution in [3.63, 3.8) is 0 Å². The molecule has 7 heteroatoms. The van der Waals surface area contributed by atoms with Gasteiger partial charge in [0.1, 0.15) is 17.6 Å². The minimum atomic E-state index is -0.954. The normalized spacial score (nSPS) is 11.6. The third kappa shape index (κ3) is 3.89. The Morgan fingerprint density at radius 3 is 2.82 bits per heavy atom. The monoisotopic (exact) mass is 448 g/mol. The number of allylic oxidation sites excluding steroid dienone is 1. The lowest BCUT2D eigenvalue weighted by molar-refractivity contribution is 0.0696. The van der Waals surface area contributed by atoms with Gasteiger partial charge in [0, 0.05) is 35.3 Å². The summed E-state index contributed by atoms with van der Waals surface area (Å²) in [5, 5.41) is 20.2. The Hall–Kier alpha value is -4.83. The van der Waals surface area contributed by atoms with Crippen LogP contribution in [0, 0.1) is 11.3 Å². The first kappa shape index (κ1) is 21.0. The summed E-state index contributed by atoms with van der Waals surface area (Å²) < 4.78 is 7.33. The van der Waals surface area contributed by atoms with Crippen LogP contribution in [0.4, 0.5) is 0 Å². The molecule has 0 saturated carbocycles. The van der Waals surface area contributed by atoms with Crippen LogP contribution in [0.25, 0.3) is 33.6 Å². The number of methoxy groups -OCH3 is 1. The van der Waals surface area contributed by atoms with Gasteiger partial charge in [-0.15, -0.1) is 0 Å². The van der Waals surface area contributed by atoms with E-state index in [1.807, 2.05) is 60.8 Å². The van der Waals surface area contributed by atoms with Crippen LogP contribution in [0.5, 0.6) is 5.75 Å². The van der Waals surface area contributed by atoms with Gasteiger partial charge in [0.05, 0.1) is 29.3 Å². The average Bonchev–Trinajstić information content (AvgIpc) is 3.43. The van der Waals surface area contributed by atoms with Crippen molar-refractivity contribution in [1.29, 1.82) is 5.26 Å². The van der Waals surface area contributed by atoms with E-state index in [9.17, 15) is 15.2 Å². The van der Waals surface area contributed by atoms with Gasteiger partial charge >= 0.3 is 5.97 Å². The molecule has 2 N–H and O–H groups in total. The van der Waals surface area contributed by atoms with Gasteiger partial charge in [-0.1, -0.05) is 30.3 Å². The number of nitriles is 1. The molecule has 0 amide bonds. The van der Waals surface area contributed by atoms with Gasteiger partial charge in [-0.05, 0) is 42.0 Å². The maximum atomic E-state index is 11.4. The van der Waals surface area contributed by atoms with Crippen LogP contribution in [0.15, 0.2) is 72.9 Å². The summed E-state index contributed by atoms with van der Waals surface area (Å²) >= 11 is 0. The number of carboxylic acids is 1. The second-order valence-electron chi connectivity index (χ2n) is 7.87. The second kappa shape index (κ2) is 8.60. The van der Waals surface area contributed by atoms with E-state index in [4.69, 9.17) is 4.74 Å². The number of fused-ring (bicyclic) bond motifs is 2. The SMILES string of the molecule is COc1ccc2nc(/C(C#N)=C\c3cn(Cc4cccc(C(=O)O)c4)c4ccccc34)[nH]c2c1. The summed E-state index contributed by atoms with van der Waals surface area (Å²) in [6.07, 6.45) is 3.79. The third-order valence-corrected chi connectivity index (χ3v) is 5.71. The first-order chi connectivity index (χ1) is 16.6. The molecule has 5 aromatic rings. The zero-order valence-corrected chi connectivity index (χ0v) is 18.3. The lowest BCUT2D eigenvalue weighted by Gasteiger charge is -2.06. The molecule has 0 bridgehead atoms. The topological polar surface area (TPSA) is 104 Å². The zero-order valence-electron chi connectivity index (χ0n) is 18.3. The first-order valence-electron chi connectivity index (χ1n) is 10.6. The number of nitrogens with zero attached hydrogens (tertiary/aromatic N) is 3. The van der Waals surface area contributed by atoms with E-state index in [0.29, 0.717) is 23.7 Å². The molecule has 2 heterocycles. The number of aromatic amines is 1. The van der Waals surface area contributed by atoms with E-state index >= 15 is 0 Å². The minimum Gasteiger partial charge on any atom is -0.497 e. The maximum Gasteiger partial charge on any atom is 0.335 e. The smallest absolute Gasteiger partial charge is 0.335 e. The lowest BCUT2D eigenvalue weighted by atomic mass is 10.1. The molecule has 0 aliphatic heterocycles. The Morgan fingerprint density at radius 2 is 2.03 bits per heavy atom. The van der Waals surface area contributed by atoms with Crippen molar-refractivity contribution >= 4 is 39.6 Å². The van der Waals surface area contributed by atoms with E-state index in [0.717, 1.165) is 33.1 Å². The quantitative estimate of drug-likeness (QED) is 0.341. The average molecular weight is 448 g/mol. The van der Waals surface area contributed by atoms with Gasteiger partial charge in [0.25, 0.3) is 0 Å². The van der Waals surface area contributed by atoms with Gasteiger partial charge < -0.3 is 19.4 Å². The molecular formula is C27H20N4O3. The van der Waals surface area contributed by atoms with Crippen molar-refractivity contribution in [1.82, 2.24) is 14.5 Å². The number of hydrogen-bond acceptors (Lipinski definition) is 4. The highest BCUT2D eigenvalue weighted by Crippen LogP contribution is 2.28. The molecule has 3 aromatic carbocycles. The maximum absolute atomic E-state index is 11.4. The first-order valence-corrected chi connectivity index (χ1v) is 10.6. The fraction of sp³-hybridized carbons (Fsp3) is 0.0741. The predicted molar refractivity (Wildman–Crippen MR) is 131 cm³/mol. The minimum absolute atomic E-state index is 0.252. The Bertz CT molecular complexity index is 1620. The number of nitrogens with one attached hydrogen (secondary N) is 1. The molecule has 0 radical (unpaired) electrons. The van der Waals surface area contributed by atoms with Crippen molar-refractivity contribution in [2.24, 2.45) is 0 Å². The molecule has 2 aromatic heterocycles. The number of H-pyrrole nitrogens is 1. The highest BCUT2D eigenvalue weighted by molar-refractivity contribution is 5.98. The summed E-state index contributed by atoms with van der Waals surface area (Å²) in [7, 11) is 1.60. The number of para-hydroxylation sites is 1. The highest BCUT2D eigenvalue weighted by atomic mass is 16.5. The number of rotatable bonds is 6. The van der Waals surface area contributed by atoms with Crippen molar-refractivity contribution < 1.29 is 14.6 Å². The largest absolute Gasteiger partial charge is 0.497 e. The number of carboxylic acid groups (broad SMARTS) is 1. The molecule has 0 unspecified atom stereocenters. The number of carbonyl (C=O) groups is 1. The molecule has 5 rings (SSSR count). The van der Waals surface area contributed by atoms with Crippen molar-refractivity contribution in [2.45, 2.75) is 6.54 Å². The third-order valence-electron chi connectivity index (χ3n) is 5.71. The summed E-state index contributed by atoms with van der Waals surface area (Å²) in [5.74, 6) is 0.238. The Morgan fingerprint density at radius 1 is 1.18 bits per heavy atom. The molecule has 0 saturated heterocycles. The molecule has 0 aliphatic carbocycles. The number of aromatic nitrogens is 3. The fourth-order valence-corrected chi connectivity index (χ4v) is 4.07. The zero-order chi connectivity index (χ0) is 23.7. The van der Waals surface area contributed by atoms with E-state index in [2.05, 4.69) is 20.6 Å². The molecule has 0 spiro atoms. The van der Waals surface area contributed by atoms with Crippen molar-refractivity contribution in [3.8, 4) is 11.8 Å². The number of hydrogen-bond donors (Lipinski definition) is 2. The van der Waals surface area contributed by atoms with E-state index in [-0.39, 0.29) is 5.56 Å². The van der Waals surface area contributed by atoms with Crippen LogP contribution < -0.4 is 4.74 Å². The predicted octanol–water partition coefficient (Wildman–Crippen LogP) is 5.34. The summed E-state index contributed by atoms with van der Waals surface area (Å²) in [5.41, 5.74) is 4.94. The van der Waals surface area contributed by atoms with E-state index in [1.165, 1.54) is 0 Å². The Balaban J connectivity index is 1.57. The number of aromatic carboxylic acids is 1. The Labute approximate surface area is 195 Å². The van der Waals surface area contributed by atoms with Crippen LogP contribution in [-0.2, 0) is 6.54 Å².